The molecule has 1 aromatic carbocycles. The van der Waals surface area contributed by atoms with Crippen molar-refractivity contribution in [3.63, 3.8) is 0 Å². The number of carbonyl (C=O) groups excluding carboxylic acids is 2. The Morgan fingerprint density at radius 2 is 2.00 bits per heavy atom. The number of anilines is 1. The summed E-state index contributed by atoms with van der Waals surface area (Å²) in [6, 6.07) is 2.63. The van der Waals surface area contributed by atoms with E-state index < -0.39 is 28.6 Å². The molecule has 3 N–H and O–H groups in total. The Morgan fingerprint density at radius 3 is 2.48 bits per heavy atom. The molecule has 1 atom stereocenters. The van der Waals surface area contributed by atoms with E-state index in [0.717, 1.165) is 7.11 Å². The van der Waals surface area contributed by atoms with Crippen LogP contribution in [-0.2, 0) is 14.3 Å². The molecule has 0 spiro atoms. The number of nitrogens with one attached hydrogen (secondary N) is 1. The molecule has 0 bridgehead atoms. The molecule has 0 aliphatic rings. The van der Waals surface area contributed by atoms with Gasteiger partial charge < -0.3 is 25.3 Å². The van der Waals surface area contributed by atoms with Gasteiger partial charge in [0.05, 0.1) is 12.0 Å². The van der Waals surface area contributed by atoms with Gasteiger partial charge in [0.2, 0.25) is 0 Å². The third-order valence-electron chi connectivity index (χ3n) is 2.79. The van der Waals surface area contributed by atoms with Gasteiger partial charge in [0.1, 0.15) is 23.6 Å². The van der Waals surface area contributed by atoms with Gasteiger partial charge in [0, 0.05) is 12.1 Å². The van der Waals surface area contributed by atoms with Gasteiger partial charge in [0.15, 0.2) is 6.04 Å². The van der Waals surface area contributed by atoms with E-state index >= 15 is 0 Å². The molecule has 10 nitrogen and oxygen atoms in total. The van der Waals surface area contributed by atoms with Gasteiger partial charge in [-0.1, -0.05) is 0 Å². The summed E-state index contributed by atoms with van der Waals surface area (Å²) in [4.78, 5) is 33.6. The van der Waals surface area contributed by atoms with Crippen LogP contribution >= 0.6 is 0 Å². The van der Waals surface area contributed by atoms with Crippen LogP contribution in [0.3, 0.4) is 0 Å². The number of carbonyl (C=O) groups is 2. The molecule has 1 rings (SSSR count). The van der Waals surface area contributed by atoms with Crippen LogP contribution in [-0.4, -0.2) is 42.3 Å². The van der Waals surface area contributed by atoms with E-state index in [4.69, 9.17) is 15.2 Å². The first-order valence-electron chi connectivity index (χ1n) is 7.27. The third kappa shape index (κ3) is 6.53. The highest BCUT2D eigenvalue weighted by Crippen LogP contribution is 2.26. The minimum atomic E-state index is -1.13. The molecule has 25 heavy (non-hydrogen) atoms. The lowest BCUT2D eigenvalue weighted by molar-refractivity contribution is -0.383. The first-order chi connectivity index (χ1) is 11.5. The van der Waals surface area contributed by atoms with Gasteiger partial charge in [-0.05, 0) is 26.8 Å². The number of methoxy groups -OCH3 is 1. The molecule has 0 radical (unpaired) electrons. The lowest BCUT2D eigenvalue weighted by Gasteiger charge is -2.22. The Bertz CT molecular complexity index is 655. The van der Waals surface area contributed by atoms with Crippen molar-refractivity contribution in [3.05, 3.63) is 28.3 Å². The fourth-order valence-corrected chi connectivity index (χ4v) is 1.73. The number of nitrogens with zero attached hydrogens (tertiary/aromatic N) is 1. The maximum absolute atomic E-state index is 11.8. The van der Waals surface area contributed by atoms with Gasteiger partial charge in [-0.3, -0.25) is 10.1 Å². The molecule has 0 heterocycles. The van der Waals surface area contributed by atoms with Crippen molar-refractivity contribution >= 4 is 23.4 Å². The molecule has 0 aromatic heterocycles. The topological polar surface area (TPSA) is 143 Å². The molecule has 0 aliphatic carbocycles. The van der Waals surface area contributed by atoms with E-state index in [0.29, 0.717) is 0 Å². The number of amides is 1. The fraction of sp³-hybridized carbons (Fsp3) is 0.467. The van der Waals surface area contributed by atoms with Crippen LogP contribution in [0.2, 0.25) is 0 Å². The van der Waals surface area contributed by atoms with Gasteiger partial charge in [-0.15, -0.1) is 0 Å². The van der Waals surface area contributed by atoms with Crippen molar-refractivity contribution in [1.29, 1.82) is 0 Å². The zero-order valence-corrected chi connectivity index (χ0v) is 14.4. The lowest BCUT2D eigenvalue weighted by atomic mass is 10.2. The molecular formula is C15H21N3O7. The lowest BCUT2D eigenvalue weighted by Crippen LogP contribution is -2.47. The van der Waals surface area contributed by atoms with Crippen LogP contribution in [0.5, 0.6) is 5.75 Å². The molecule has 1 aromatic rings. The number of alkyl carbamates (subject to hydrolysis) is 1. The minimum Gasteiger partial charge on any atom is -0.491 e. The van der Waals surface area contributed by atoms with Crippen LogP contribution in [0.15, 0.2) is 18.2 Å². The largest absolute Gasteiger partial charge is 0.491 e. The quantitative estimate of drug-likeness (QED) is 0.339. The summed E-state index contributed by atoms with van der Waals surface area (Å²) in [5.74, 6) is -0.538. The van der Waals surface area contributed by atoms with Gasteiger partial charge in [-0.2, -0.15) is 0 Å². The predicted molar refractivity (Wildman–Crippen MR) is 88.2 cm³/mol. The highest BCUT2D eigenvalue weighted by Gasteiger charge is 2.26. The summed E-state index contributed by atoms with van der Waals surface area (Å²) in [7, 11) is 1.16. The molecule has 1 amide bonds. The van der Waals surface area contributed by atoms with Gasteiger partial charge in [-0.25, -0.2) is 9.59 Å². The molecule has 10 heteroatoms. The first kappa shape index (κ1) is 20.0. The Morgan fingerprint density at radius 1 is 1.36 bits per heavy atom. The predicted octanol–water partition coefficient (Wildman–Crippen LogP) is 1.62. The number of nitrogens with two attached hydrogens (primary N) is 1. The number of nitrogen functional groups attached to an aromatic ring is 1. The summed E-state index contributed by atoms with van der Waals surface area (Å²) >= 11 is 0. The zero-order chi connectivity index (χ0) is 19.2. The molecule has 0 saturated heterocycles. The second-order valence-electron chi connectivity index (χ2n) is 6.01. The summed E-state index contributed by atoms with van der Waals surface area (Å²) in [6.45, 7) is 4.75. The second kappa shape index (κ2) is 8.18. The number of rotatable bonds is 6. The maximum Gasteiger partial charge on any atom is 0.408 e. The van der Waals surface area contributed by atoms with Crippen LogP contribution < -0.4 is 15.8 Å². The summed E-state index contributed by atoms with van der Waals surface area (Å²) in [5, 5.41) is 13.1. The van der Waals surface area contributed by atoms with Crippen LogP contribution in [0, 0.1) is 10.1 Å². The number of nitro benzene ring substituents is 1. The van der Waals surface area contributed by atoms with E-state index in [1.807, 2.05) is 0 Å². The van der Waals surface area contributed by atoms with Crippen molar-refractivity contribution in [3.8, 4) is 5.75 Å². The Balaban J connectivity index is 2.76. The van der Waals surface area contributed by atoms with E-state index in [1.165, 1.54) is 18.2 Å². The molecule has 0 saturated carbocycles. The van der Waals surface area contributed by atoms with Gasteiger partial charge in [0.25, 0.3) is 5.69 Å². The number of hydrogen-bond acceptors (Lipinski definition) is 8. The molecule has 0 aliphatic heterocycles. The molecule has 138 valence electrons. The number of benzene rings is 1. The van der Waals surface area contributed by atoms with Crippen molar-refractivity contribution < 1.29 is 28.7 Å². The number of esters is 1. The molecule has 0 unspecified atom stereocenters. The average Bonchev–Trinajstić information content (AvgIpc) is 2.48. The Labute approximate surface area is 144 Å². The van der Waals surface area contributed by atoms with Crippen molar-refractivity contribution in [2.45, 2.75) is 32.4 Å². The third-order valence-corrected chi connectivity index (χ3v) is 2.79. The molecule has 0 fully saturated rings. The first-order valence-corrected chi connectivity index (χ1v) is 7.27. The molecular weight excluding hydrogens is 334 g/mol. The van der Waals surface area contributed by atoms with E-state index in [1.54, 1.807) is 20.8 Å². The van der Waals surface area contributed by atoms with Crippen molar-refractivity contribution in [1.82, 2.24) is 5.32 Å². The van der Waals surface area contributed by atoms with E-state index in [-0.39, 0.29) is 23.7 Å². The zero-order valence-electron chi connectivity index (χ0n) is 14.4. The Kier molecular flexibility index (Phi) is 6.54. The SMILES string of the molecule is COC(=O)[C@H](COc1ccc([N+](=O)[O-])c(N)c1)NC(=O)OC(C)(C)C. The minimum absolute atomic E-state index is 0.0859. The summed E-state index contributed by atoms with van der Waals surface area (Å²) in [5.41, 5.74) is 4.48. The van der Waals surface area contributed by atoms with Crippen LogP contribution in [0.25, 0.3) is 0 Å². The van der Waals surface area contributed by atoms with Crippen molar-refractivity contribution in [2.24, 2.45) is 0 Å². The van der Waals surface area contributed by atoms with E-state index in [9.17, 15) is 19.7 Å². The number of nitro groups is 1. The number of hydrogen-bond donors (Lipinski definition) is 2. The normalized spacial score (nSPS) is 12.0. The van der Waals surface area contributed by atoms with Crippen LogP contribution in [0.1, 0.15) is 20.8 Å². The average molecular weight is 355 g/mol. The van der Waals surface area contributed by atoms with E-state index in [2.05, 4.69) is 10.1 Å². The van der Waals surface area contributed by atoms with Crippen LogP contribution in [0.4, 0.5) is 16.2 Å². The smallest absolute Gasteiger partial charge is 0.408 e. The summed E-state index contributed by atoms with van der Waals surface area (Å²) < 4.78 is 15.0. The Hall–Kier alpha value is -3.04. The second-order valence-corrected chi connectivity index (χ2v) is 6.01. The fourth-order valence-electron chi connectivity index (χ4n) is 1.73. The highest BCUT2D eigenvalue weighted by molar-refractivity contribution is 5.81. The van der Waals surface area contributed by atoms with Gasteiger partial charge >= 0.3 is 12.1 Å². The highest BCUT2D eigenvalue weighted by atomic mass is 16.6. The standard InChI is InChI=1S/C15H21N3O7/c1-15(2,3)25-14(20)17-11(13(19)23-4)8-24-9-5-6-12(18(21)22)10(16)7-9/h5-7,11H,8,16H2,1-4H3,(H,17,20)/t11-/m0/s1. The maximum atomic E-state index is 11.8. The summed E-state index contributed by atoms with van der Waals surface area (Å²) in [6.07, 6.45) is -0.810. The monoisotopic (exact) mass is 355 g/mol. The number of ether oxygens (including phenoxy) is 3. The van der Waals surface area contributed by atoms with Crippen molar-refractivity contribution in [2.75, 3.05) is 19.5 Å².